The fourth-order valence-corrected chi connectivity index (χ4v) is 3.92. The quantitative estimate of drug-likeness (QED) is 0.607. The Labute approximate surface area is 164 Å². The molecule has 0 fully saturated rings. The second kappa shape index (κ2) is 8.09. The SMILES string of the molecule is COc1ccc(C(C)(C)C)cc1NC(=O)CCCc1nc2ccccc2s1. The number of carbonyl (C=O) groups is 1. The molecular formula is C22H26N2O2S. The minimum atomic E-state index is 0.000435. The van der Waals surface area contributed by atoms with E-state index >= 15 is 0 Å². The fraction of sp³-hybridized carbons (Fsp3) is 0.364. The minimum absolute atomic E-state index is 0.000435. The van der Waals surface area contributed by atoms with Crippen molar-refractivity contribution in [2.75, 3.05) is 12.4 Å². The van der Waals surface area contributed by atoms with Crippen molar-refractivity contribution in [3.8, 4) is 5.75 Å². The molecule has 142 valence electrons. The zero-order valence-electron chi connectivity index (χ0n) is 16.3. The topological polar surface area (TPSA) is 51.2 Å². The molecule has 0 unspecified atom stereocenters. The zero-order chi connectivity index (χ0) is 19.4. The van der Waals surface area contributed by atoms with Crippen molar-refractivity contribution in [3.05, 3.63) is 53.0 Å². The average Bonchev–Trinajstić information content (AvgIpc) is 3.03. The van der Waals surface area contributed by atoms with Gasteiger partial charge in [0.25, 0.3) is 0 Å². The number of carbonyl (C=O) groups excluding carboxylic acids is 1. The molecule has 1 heterocycles. The third-order valence-electron chi connectivity index (χ3n) is 4.47. The Bertz CT molecular complexity index is 908. The molecule has 0 aliphatic heterocycles. The first-order valence-corrected chi connectivity index (χ1v) is 10.0. The first-order valence-electron chi connectivity index (χ1n) is 9.19. The Morgan fingerprint density at radius 3 is 2.67 bits per heavy atom. The van der Waals surface area contributed by atoms with Crippen molar-refractivity contribution in [1.29, 1.82) is 0 Å². The van der Waals surface area contributed by atoms with Gasteiger partial charge in [0.2, 0.25) is 5.91 Å². The van der Waals surface area contributed by atoms with E-state index in [2.05, 4.69) is 37.1 Å². The second-order valence-corrected chi connectivity index (χ2v) is 8.76. The van der Waals surface area contributed by atoms with Gasteiger partial charge in [0.05, 0.1) is 28.0 Å². The van der Waals surface area contributed by atoms with E-state index in [4.69, 9.17) is 4.74 Å². The smallest absolute Gasteiger partial charge is 0.224 e. The third kappa shape index (κ3) is 4.86. The number of amides is 1. The zero-order valence-corrected chi connectivity index (χ0v) is 17.2. The van der Waals surface area contributed by atoms with E-state index in [1.165, 1.54) is 4.70 Å². The van der Waals surface area contributed by atoms with Crippen molar-refractivity contribution < 1.29 is 9.53 Å². The fourth-order valence-electron chi connectivity index (χ4n) is 2.91. The standard InChI is InChI=1S/C22H26N2O2S/c1-22(2,3)15-12-13-18(26-4)17(14-15)23-20(25)10-7-11-21-24-16-8-5-6-9-19(16)27-21/h5-6,8-9,12-14H,7,10-11H2,1-4H3,(H,23,25). The van der Waals surface area contributed by atoms with E-state index in [1.54, 1.807) is 18.4 Å². The predicted octanol–water partition coefficient (Wildman–Crippen LogP) is 5.56. The van der Waals surface area contributed by atoms with Crippen LogP contribution in [-0.4, -0.2) is 18.0 Å². The number of ether oxygens (including phenoxy) is 1. The highest BCUT2D eigenvalue weighted by molar-refractivity contribution is 7.18. The van der Waals surface area contributed by atoms with E-state index in [0.29, 0.717) is 12.2 Å². The molecule has 1 aromatic heterocycles. The van der Waals surface area contributed by atoms with Crippen LogP contribution in [0, 0.1) is 0 Å². The lowest BCUT2D eigenvalue weighted by Crippen LogP contribution is -2.15. The van der Waals surface area contributed by atoms with Crippen LogP contribution in [-0.2, 0) is 16.6 Å². The van der Waals surface area contributed by atoms with E-state index < -0.39 is 0 Å². The van der Waals surface area contributed by atoms with Crippen LogP contribution in [0.4, 0.5) is 5.69 Å². The Morgan fingerprint density at radius 1 is 1.19 bits per heavy atom. The third-order valence-corrected chi connectivity index (χ3v) is 5.57. The number of fused-ring (bicyclic) bond motifs is 1. The minimum Gasteiger partial charge on any atom is -0.495 e. The van der Waals surface area contributed by atoms with Gasteiger partial charge in [-0.05, 0) is 48.1 Å². The lowest BCUT2D eigenvalue weighted by Gasteiger charge is -2.21. The summed E-state index contributed by atoms with van der Waals surface area (Å²) in [6.45, 7) is 6.45. The van der Waals surface area contributed by atoms with Gasteiger partial charge >= 0.3 is 0 Å². The maximum atomic E-state index is 12.4. The number of aromatic nitrogens is 1. The molecule has 1 amide bonds. The summed E-state index contributed by atoms with van der Waals surface area (Å²) in [7, 11) is 1.62. The number of nitrogens with one attached hydrogen (secondary N) is 1. The van der Waals surface area contributed by atoms with Crippen LogP contribution in [0.25, 0.3) is 10.2 Å². The number of methoxy groups -OCH3 is 1. The first kappa shape index (κ1) is 19.4. The molecule has 3 rings (SSSR count). The molecule has 0 radical (unpaired) electrons. The van der Waals surface area contributed by atoms with Crippen molar-refractivity contribution in [2.45, 2.75) is 45.4 Å². The molecule has 5 heteroatoms. The van der Waals surface area contributed by atoms with Crippen molar-refractivity contribution in [3.63, 3.8) is 0 Å². The average molecular weight is 383 g/mol. The van der Waals surface area contributed by atoms with Gasteiger partial charge in [-0.25, -0.2) is 4.98 Å². The Kier molecular flexibility index (Phi) is 5.80. The lowest BCUT2D eigenvalue weighted by molar-refractivity contribution is -0.116. The van der Waals surface area contributed by atoms with Gasteiger partial charge in [-0.15, -0.1) is 11.3 Å². The number of rotatable bonds is 6. The molecule has 0 aliphatic rings. The van der Waals surface area contributed by atoms with E-state index in [1.807, 2.05) is 36.4 Å². The van der Waals surface area contributed by atoms with E-state index in [9.17, 15) is 4.79 Å². The van der Waals surface area contributed by atoms with E-state index in [-0.39, 0.29) is 11.3 Å². The van der Waals surface area contributed by atoms with Gasteiger partial charge in [0.1, 0.15) is 5.75 Å². The van der Waals surface area contributed by atoms with Crippen molar-refractivity contribution in [2.24, 2.45) is 0 Å². The molecule has 0 bridgehead atoms. The van der Waals surface area contributed by atoms with Gasteiger partial charge in [-0.3, -0.25) is 4.79 Å². The van der Waals surface area contributed by atoms with Crippen LogP contribution in [0.15, 0.2) is 42.5 Å². The number of hydrogen-bond donors (Lipinski definition) is 1. The maximum Gasteiger partial charge on any atom is 0.224 e. The number of anilines is 1. The van der Waals surface area contributed by atoms with Crippen LogP contribution >= 0.6 is 11.3 Å². The van der Waals surface area contributed by atoms with Gasteiger partial charge in [-0.1, -0.05) is 39.0 Å². The van der Waals surface area contributed by atoms with Crippen LogP contribution in [0.1, 0.15) is 44.2 Å². The summed E-state index contributed by atoms with van der Waals surface area (Å²) >= 11 is 1.70. The summed E-state index contributed by atoms with van der Waals surface area (Å²) in [4.78, 5) is 17.0. The Balaban J connectivity index is 1.60. The number of para-hydroxylation sites is 1. The highest BCUT2D eigenvalue weighted by Gasteiger charge is 2.17. The molecule has 0 saturated heterocycles. The molecule has 4 nitrogen and oxygen atoms in total. The Morgan fingerprint density at radius 2 is 1.96 bits per heavy atom. The number of benzene rings is 2. The Hall–Kier alpha value is -2.40. The van der Waals surface area contributed by atoms with Gasteiger partial charge in [0, 0.05) is 6.42 Å². The highest BCUT2D eigenvalue weighted by atomic mass is 32.1. The molecule has 0 saturated carbocycles. The predicted molar refractivity (Wildman–Crippen MR) is 113 cm³/mol. The van der Waals surface area contributed by atoms with Crippen molar-refractivity contribution in [1.82, 2.24) is 4.98 Å². The molecule has 3 aromatic rings. The molecule has 0 spiro atoms. The summed E-state index contributed by atoms with van der Waals surface area (Å²) < 4.78 is 6.59. The normalized spacial score (nSPS) is 11.6. The van der Waals surface area contributed by atoms with Crippen molar-refractivity contribution >= 4 is 33.1 Å². The molecule has 0 aliphatic carbocycles. The van der Waals surface area contributed by atoms with Crippen LogP contribution < -0.4 is 10.1 Å². The number of aryl methyl sites for hydroxylation is 1. The summed E-state index contributed by atoms with van der Waals surface area (Å²) in [6.07, 6.45) is 2.04. The molecular weight excluding hydrogens is 356 g/mol. The number of thiazole rings is 1. The summed E-state index contributed by atoms with van der Waals surface area (Å²) in [5, 5.41) is 4.09. The van der Waals surface area contributed by atoms with Crippen LogP contribution in [0.3, 0.4) is 0 Å². The van der Waals surface area contributed by atoms with E-state index in [0.717, 1.165) is 34.6 Å². The molecule has 1 N–H and O–H groups in total. The summed E-state index contributed by atoms with van der Waals surface area (Å²) in [5.74, 6) is 0.683. The summed E-state index contributed by atoms with van der Waals surface area (Å²) in [6, 6.07) is 14.1. The lowest BCUT2D eigenvalue weighted by atomic mass is 9.87. The van der Waals surface area contributed by atoms with Gasteiger partial charge < -0.3 is 10.1 Å². The van der Waals surface area contributed by atoms with Gasteiger partial charge in [0.15, 0.2) is 0 Å². The molecule has 2 aromatic carbocycles. The highest BCUT2D eigenvalue weighted by Crippen LogP contribution is 2.31. The largest absolute Gasteiger partial charge is 0.495 e. The molecule has 0 atom stereocenters. The molecule has 27 heavy (non-hydrogen) atoms. The van der Waals surface area contributed by atoms with Crippen LogP contribution in [0.5, 0.6) is 5.75 Å². The monoisotopic (exact) mass is 382 g/mol. The first-order chi connectivity index (χ1) is 12.9. The maximum absolute atomic E-state index is 12.4. The number of hydrogen-bond acceptors (Lipinski definition) is 4. The number of nitrogens with zero attached hydrogens (tertiary/aromatic N) is 1. The second-order valence-electron chi connectivity index (χ2n) is 7.64. The van der Waals surface area contributed by atoms with Gasteiger partial charge in [-0.2, -0.15) is 0 Å². The summed E-state index contributed by atoms with van der Waals surface area (Å²) in [5.41, 5.74) is 2.94. The van der Waals surface area contributed by atoms with Crippen LogP contribution in [0.2, 0.25) is 0 Å².